The van der Waals surface area contributed by atoms with Gasteiger partial charge in [0.25, 0.3) is 0 Å². The third-order valence-electron chi connectivity index (χ3n) is 2.31. The predicted octanol–water partition coefficient (Wildman–Crippen LogP) is 3.52. The molecule has 0 radical (unpaired) electrons. The molecule has 1 aromatic heterocycles. The first kappa shape index (κ1) is 13.0. The first-order chi connectivity index (χ1) is 8.56. The highest BCUT2D eigenvalue weighted by Gasteiger charge is 2.07. The third-order valence-corrected chi connectivity index (χ3v) is 3.94. The number of hydrogen-bond donors (Lipinski definition) is 2. The zero-order valence-electron chi connectivity index (χ0n) is 9.61. The minimum absolute atomic E-state index is 0.262. The van der Waals surface area contributed by atoms with Gasteiger partial charge in [-0.25, -0.2) is 9.78 Å². The van der Waals surface area contributed by atoms with E-state index in [1.165, 1.54) is 0 Å². The van der Waals surface area contributed by atoms with Gasteiger partial charge in [-0.1, -0.05) is 0 Å². The average Bonchev–Trinajstić information content (AvgIpc) is 2.73. The Morgan fingerprint density at radius 3 is 2.89 bits per heavy atom. The Bertz CT molecular complexity index is 583. The van der Waals surface area contributed by atoms with Crippen molar-refractivity contribution in [2.45, 2.75) is 13.5 Å². The van der Waals surface area contributed by atoms with Crippen molar-refractivity contribution in [2.75, 3.05) is 5.32 Å². The van der Waals surface area contributed by atoms with Gasteiger partial charge in [0.05, 0.1) is 12.1 Å². The van der Waals surface area contributed by atoms with Crippen molar-refractivity contribution in [1.82, 2.24) is 4.98 Å². The van der Waals surface area contributed by atoms with Crippen molar-refractivity contribution >= 4 is 38.9 Å². The van der Waals surface area contributed by atoms with Crippen molar-refractivity contribution in [3.8, 4) is 0 Å². The van der Waals surface area contributed by atoms with E-state index in [1.807, 2.05) is 12.3 Å². The van der Waals surface area contributed by atoms with E-state index < -0.39 is 5.97 Å². The topological polar surface area (TPSA) is 62.2 Å². The third kappa shape index (κ3) is 3.08. The lowest BCUT2D eigenvalue weighted by Gasteiger charge is -2.07. The van der Waals surface area contributed by atoms with Gasteiger partial charge in [0, 0.05) is 21.2 Å². The van der Waals surface area contributed by atoms with Crippen LogP contribution in [0.25, 0.3) is 0 Å². The molecule has 0 aliphatic carbocycles. The van der Waals surface area contributed by atoms with Gasteiger partial charge >= 0.3 is 5.97 Å². The maximum absolute atomic E-state index is 10.8. The number of anilines is 1. The summed E-state index contributed by atoms with van der Waals surface area (Å²) >= 11 is 4.95. The Morgan fingerprint density at radius 1 is 1.56 bits per heavy atom. The molecule has 0 saturated carbocycles. The van der Waals surface area contributed by atoms with Crippen LogP contribution in [0.2, 0.25) is 0 Å². The second kappa shape index (κ2) is 5.49. The number of benzene rings is 1. The molecule has 0 amide bonds. The number of nitrogens with zero attached hydrogens (tertiary/aromatic N) is 1. The van der Waals surface area contributed by atoms with Crippen molar-refractivity contribution in [3.63, 3.8) is 0 Å². The van der Waals surface area contributed by atoms with Gasteiger partial charge in [0.2, 0.25) is 0 Å². The molecular formula is C12H11BrN2O2S. The number of halogens is 1. The number of aryl methyl sites for hydroxylation is 1. The molecule has 0 aliphatic heterocycles. The standard InChI is InChI=1S/C12H11BrN2O2S/c1-7-6-18-11(15-7)5-14-10-3-2-8(12(16)17)4-9(10)13/h2-4,6,14H,5H2,1H3,(H,16,17). The van der Waals surface area contributed by atoms with Crippen LogP contribution in [-0.2, 0) is 6.54 Å². The summed E-state index contributed by atoms with van der Waals surface area (Å²) in [5.41, 5.74) is 2.13. The Hall–Kier alpha value is -1.40. The minimum atomic E-state index is -0.933. The molecule has 0 unspecified atom stereocenters. The molecule has 1 heterocycles. The first-order valence-corrected chi connectivity index (χ1v) is 6.91. The minimum Gasteiger partial charge on any atom is -0.478 e. The molecule has 18 heavy (non-hydrogen) atoms. The van der Waals surface area contributed by atoms with Crippen LogP contribution < -0.4 is 5.32 Å². The summed E-state index contributed by atoms with van der Waals surface area (Å²) in [6, 6.07) is 4.90. The van der Waals surface area contributed by atoms with E-state index in [9.17, 15) is 4.79 Å². The van der Waals surface area contributed by atoms with E-state index >= 15 is 0 Å². The molecule has 2 rings (SSSR count). The Morgan fingerprint density at radius 2 is 2.33 bits per heavy atom. The smallest absolute Gasteiger partial charge is 0.335 e. The lowest BCUT2D eigenvalue weighted by Crippen LogP contribution is -2.02. The SMILES string of the molecule is Cc1csc(CNc2ccc(C(=O)O)cc2Br)n1. The summed E-state index contributed by atoms with van der Waals surface area (Å²) in [7, 11) is 0. The Kier molecular flexibility index (Phi) is 3.98. The lowest BCUT2D eigenvalue weighted by atomic mass is 10.2. The molecule has 0 aliphatic rings. The van der Waals surface area contributed by atoms with E-state index in [4.69, 9.17) is 5.11 Å². The Balaban J connectivity index is 2.08. The average molecular weight is 327 g/mol. The second-order valence-electron chi connectivity index (χ2n) is 3.74. The molecule has 6 heteroatoms. The van der Waals surface area contributed by atoms with E-state index in [-0.39, 0.29) is 5.56 Å². The van der Waals surface area contributed by atoms with Crippen LogP contribution in [0.1, 0.15) is 21.1 Å². The number of aromatic nitrogens is 1. The zero-order valence-corrected chi connectivity index (χ0v) is 12.0. The highest BCUT2D eigenvalue weighted by molar-refractivity contribution is 9.10. The van der Waals surface area contributed by atoms with E-state index in [0.717, 1.165) is 20.9 Å². The summed E-state index contributed by atoms with van der Waals surface area (Å²) in [5, 5.41) is 15.1. The summed E-state index contributed by atoms with van der Waals surface area (Å²) < 4.78 is 0.732. The molecule has 0 bridgehead atoms. The van der Waals surface area contributed by atoms with Crippen molar-refractivity contribution < 1.29 is 9.90 Å². The van der Waals surface area contributed by atoms with E-state index in [0.29, 0.717) is 6.54 Å². The first-order valence-electron chi connectivity index (χ1n) is 5.24. The number of carbonyl (C=O) groups is 1. The van der Waals surface area contributed by atoms with Crippen molar-refractivity contribution in [3.05, 3.63) is 44.3 Å². The van der Waals surface area contributed by atoms with Crippen molar-refractivity contribution in [1.29, 1.82) is 0 Å². The van der Waals surface area contributed by atoms with Crippen LogP contribution in [0.5, 0.6) is 0 Å². The number of hydrogen-bond acceptors (Lipinski definition) is 4. The summed E-state index contributed by atoms with van der Waals surface area (Å²) in [6.07, 6.45) is 0. The van der Waals surface area contributed by atoms with E-state index in [1.54, 1.807) is 29.5 Å². The number of aromatic carboxylic acids is 1. The molecule has 0 atom stereocenters. The van der Waals surface area contributed by atoms with Crippen LogP contribution >= 0.6 is 27.3 Å². The molecule has 2 N–H and O–H groups in total. The van der Waals surface area contributed by atoms with Crippen molar-refractivity contribution in [2.24, 2.45) is 0 Å². The van der Waals surface area contributed by atoms with Crippen LogP contribution in [0.15, 0.2) is 28.1 Å². The number of rotatable bonds is 4. The lowest BCUT2D eigenvalue weighted by molar-refractivity contribution is 0.0697. The summed E-state index contributed by atoms with van der Waals surface area (Å²) in [6.45, 7) is 2.58. The molecular weight excluding hydrogens is 316 g/mol. The van der Waals surface area contributed by atoms with Gasteiger partial charge in [-0.15, -0.1) is 11.3 Å². The summed E-state index contributed by atoms with van der Waals surface area (Å²) in [5.74, 6) is -0.933. The fourth-order valence-electron chi connectivity index (χ4n) is 1.45. The molecule has 0 saturated heterocycles. The molecule has 0 fully saturated rings. The molecule has 4 nitrogen and oxygen atoms in total. The maximum Gasteiger partial charge on any atom is 0.335 e. The van der Waals surface area contributed by atoms with Gasteiger partial charge in [-0.05, 0) is 41.1 Å². The largest absolute Gasteiger partial charge is 0.478 e. The van der Waals surface area contributed by atoms with Gasteiger partial charge < -0.3 is 10.4 Å². The maximum atomic E-state index is 10.8. The normalized spacial score (nSPS) is 10.3. The number of carboxylic acid groups (broad SMARTS) is 1. The fraction of sp³-hybridized carbons (Fsp3) is 0.167. The van der Waals surface area contributed by atoms with Gasteiger partial charge in [-0.3, -0.25) is 0 Å². The molecule has 0 spiro atoms. The highest BCUT2D eigenvalue weighted by Crippen LogP contribution is 2.24. The molecule has 2 aromatic rings. The number of nitrogens with one attached hydrogen (secondary N) is 1. The summed E-state index contributed by atoms with van der Waals surface area (Å²) in [4.78, 5) is 15.1. The monoisotopic (exact) mass is 326 g/mol. The van der Waals surface area contributed by atoms with Crippen LogP contribution in [-0.4, -0.2) is 16.1 Å². The number of carboxylic acids is 1. The number of thiazole rings is 1. The molecule has 94 valence electrons. The van der Waals surface area contributed by atoms with Gasteiger partial charge in [-0.2, -0.15) is 0 Å². The fourth-order valence-corrected chi connectivity index (χ4v) is 2.68. The van der Waals surface area contributed by atoms with Gasteiger partial charge in [0.1, 0.15) is 5.01 Å². The zero-order chi connectivity index (χ0) is 13.1. The van der Waals surface area contributed by atoms with Crippen LogP contribution in [0.3, 0.4) is 0 Å². The van der Waals surface area contributed by atoms with E-state index in [2.05, 4.69) is 26.2 Å². The predicted molar refractivity (Wildman–Crippen MR) is 75.3 cm³/mol. The van der Waals surface area contributed by atoms with Crippen LogP contribution in [0, 0.1) is 6.92 Å². The van der Waals surface area contributed by atoms with Crippen LogP contribution in [0.4, 0.5) is 5.69 Å². The Labute approximate surface area is 117 Å². The quantitative estimate of drug-likeness (QED) is 0.902. The van der Waals surface area contributed by atoms with Gasteiger partial charge in [0.15, 0.2) is 0 Å². The highest BCUT2D eigenvalue weighted by atomic mass is 79.9. The molecule has 1 aromatic carbocycles. The second-order valence-corrected chi connectivity index (χ2v) is 5.53.